The van der Waals surface area contributed by atoms with Crippen LogP contribution in [0.15, 0.2) is 24.3 Å². The van der Waals surface area contributed by atoms with E-state index in [1.165, 1.54) is 4.90 Å². The minimum Gasteiger partial charge on any atom is -0.497 e. The predicted octanol–water partition coefficient (Wildman–Crippen LogP) is 1.22. The molecule has 0 aromatic heterocycles. The number of amides is 1. The van der Waals surface area contributed by atoms with Gasteiger partial charge in [0.05, 0.1) is 26.7 Å². The van der Waals surface area contributed by atoms with Crippen molar-refractivity contribution in [3.8, 4) is 5.75 Å². The molecule has 1 amide bonds. The summed E-state index contributed by atoms with van der Waals surface area (Å²) in [7, 11) is 1.58. The quantitative estimate of drug-likeness (QED) is 0.603. The summed E-state index contributed by atoms with van der Waals surface area (Å²) < 4.78 is 9.96. The Morgan fingerprint density at radius 1 is 1.26 bits per heavy atom. The second-order valence-electron chi connectivity index (χ2n) is 5.40. The van der Waals surface area contributed by atoms with Gasteiger partial charge in [0.1, 0.15) is 11.7 Å². The SMILES string of the molecule is CCOC(=O)C1CCN(C(=O)Cc2ccc(OC)cc2)CC1=O. The third kappa shape index (κ3) is 4.31. The van der Waals surface area contributed by atoms with Crippen molar-refractivity contribution in [2.24, 2.45) is 5.92 Å². The summed E-state index contributed by atoms with van der Waals surface area (Å²) in [6, 6.07) is 7.23. The van der Waals surface area contributed by atoms with Crippen LogP contribution in [-0.2, 0) is 25.5 Å². The Labute approximate surface area is 135 Å². The number of benzene rings is 1. The molecule has 0 aliphatic carbocycles. The number of rotatable bonds is 5. The van der Waals surface area contributed by atoms with Gasteiger partial charge in [-0.1, -0.05) is 12.1 Å². The summed E-state index contributed by atoms with van der Waals surface area (Å²) in [5.41, 5.74) is 0.857. The Morgan fingerprint density at radius 3 is 2.52 bits per heavy atom. The maximum Gasteiger partial charge on any atom is 0.316 e. The van der Waals surface area contributed by atoms with E-state index in [4.69, 9.17) is 9.47 Å². The van der Waals surface area contributed by atoms with Gasteiger partial charge >= 0.3 is 5.97 Å². The van der Waals surface area contributed by atoms with Crippen molar-refractivity contribution in [2.45, 2.75) is 19.8 Å². The molecule has 1 unspecified atom stereocenters. The molecule has 1 aromatic carbocycles. The average molecular weight is 319 g/mol. The first-order valence-electron chi connectivity index (χ1n) is 7.65. The zero-order valence-electron chi connectivity index (χ0n) is 13.4. The second kappa shape index (κ2) is 7.76. The van der Waals surface area contributed by atoms with E-state index in [9.17, 15) is 14.4 Å². The lowest BCUT2D eigenvalue weighted by Crippen LogP contribution is -2.47. The van der Waals surface area contributed by atoms with Gasteiger partial charge in [0.2, 0.25) is 5.91 Å². The molecule has 2 rings (SSSR count). The van der Waals surface area contributed by atoms with Crippen molar-refractivity contribution < 1.29 is 23.9 Å². The number of carbonyl (C=O) groups excluding carboxylic acids is 3. The molecule has 124 valence electrons. The molecule has 6 nitrogen and oxygen atoms in total. The highest BCUT2D eigenvalue weighted by molar-refractivity contribution is 6.02. The Kier molecular flexibility index (Phi) is 5.73. The van der Waals surface area contributed by atoms with Crippen molar-refractivity contribution in [2.75, 3.05) is 26.8 Å². The van der Waals surface area contributed by atoms with E-state index in [-0.39, 0.29) is 31.3 Å². The fourth-order valence-electron chi connectivity index (χ4n) is 2.56. The van der Waals surface area contributed by atoms with E-state index in [1.54, 1.807) is 26.2 Å². The lowest BCUT2D eigenvalue weighted by molar-refractivity contribution is -0.155. The van der Waals surface area contributed by atoms with Gasteiger partial charge in [0.15, 0.2) is 5.78 Å². The maximum atomic E-state index is 12.3. The second-order valence-corrected chi connectivity index (χ2v) is 5.40. The lowest BCUT2D eigenvalue weighted by Gasteiger charge is -2.29. The summed E-state index contributed by atoms with van der Waals surface area (Å²) in [4.78, 5) is 37.5. The van der Waals surface area contributed by atoms with Gasteiger partial charge in [-0.15, -0.1) is 0 Å². The fourth-order valence-corrected chi connectivity index (χ4v) is 2.56. The van der Waals surface area contributed by atoms with Crippen molar-refractivity contribution in [1.29, 1.82) is 0 Å². The van der Waals surface area contributed by atoms with E-state index in [0.717, 1.165) is 11.3 Å². The summed E-state index contributed by atoms with van der Waals surface area (Å²) in [5, 5.41) is 0. The van der Waals surface area contributed by atoms with E-state index >= 15 is 0 Å². The fraction of sp³-hybridized carbons (Fsp3) is 0.471. The molecule has 1 heterocycles. The Balaban J connectivity index is 1.91. The zero-order chi connectivity index (χ0) is 16.8. The van der Waals surface area contributed by atoms with Crippen LogP contribution in [0.1, 0.15) is 18.9 Å². The summed E-state index contributed by atoms with van der Waals surface area (Å²) >= 11 is 0. The Bertz CT molecular complexity index is 581. The first-order valence-corrected chi connectivity index (χ1v) is 7.65. The number of hydrogen-bond donors (Lipinski definition) is 0. The van der Waals surface area contributed by atoms with Crippen LogP contribution in [0, 0.1) is 5.92 Å². The number of ketones is 1. The topological polar surface area (TPSA) is 72.9 Å². The minimum atomic E-state index is -0.736. The van der Waals surface area contributed by atoms with E-state index < -0.39 is 11.9 Å². The maximum absolute atomic E-state index is 12.3. The van der Waals surface area contributed by atoms with Gasteiger partial charge in [-0.05, 0) is 31.0 Å². The van der Waals surface area contributed by atoms with Crippen LogP contribution in [-0.4, -0.2) is 49.4 Å². The van der Waals surface area contributed by atoms with Gasteiger partial charge in [0.25, 0.3) is 0 Å². The monoisotopic (exact) mass is 319 g/mol. The molecule has 0 radical (unpaired) electrons. The molecule has 23 heavy (non-hydrogen) atoms. The van der Waals surface area contributed by atoms with Gasteiger partial charge in [-0.2, -0.15) is 0 Å². The van der Waals surface area contributed by atoms with E-state index in [1.807, 2.05) is 12.1 Å². The normalized spacial score (nSPS) is 17.7. The number of likely N-dealkylation sites (tertiary alicyclic amines) is 1. The van der Waals surface area contributed by atoms with Gasteiger partial charge in [0, 0.05) is 6.54 Å². The molecular formula is C17H21NO5. The smallest absolute Gasteiger partial charge is 0.316 e. The molecule has 0 bridgehead atoms. The summed E-state index contributed by atoms with van der Waals surface area (Å²) in [6.07, 6.45) is 0.549. The minimum absolute atomic E-state index is 0.0293. The van der Waals surface area contributed by atoms with Crippen LogP contribution in [0.2, 0.25) is 0 Å². The van der Waals surface area contributed by atoms with E-state index in [2.05, 4.69) is 0 Å². The Morgan fingerprint density at radius 2 is 1.96 bits per heavy atom. The molecule has 1 atom stereocenters. The van der Waals surface area contributed by atoms with Gasteiger partial charge < -0.3 is 14.4 Å². The third-order valence-corrected chi connectivity index (χ3v) is 3.86. The first kappa shape index (κ1) is 17.0. The molecule has 1 aliphatic rings. The van der Waals surface area contributed by atoms with E-state index in [0.29, 0.717) is 13.0 Å². The standard InChI is InChI=1S/C17H21NO5/c1-3-23-17(21)14-8-9-18(11-15(14)19)16(20)10-12-4-6-13(22-2)7-5-12/h4-7,14H,3,8-11H2,1-2H3. The number of esters is 1. The number of Topliss-reactive ketones (excluding diaryl/α,β-unsaturated/α-hetero) is 1. The van der Waals surface area contributed by atoms with Gasteiger partial charge in [-0.25, -0.2) is 0 Å². The number of piperidine rings is 1. The van der Waals surface area contributed by atoms with Crippen molar-refractivity contribution >= 4 is 17.7 Å². The van der Waals surface area contributed by atoms with Crippen molar-refractivity contribution in [3.63, 3.8) is 0 Å². The zero-order valence-corrected chi connectivity index (χ0v) is 13.4. The van der Waals surface area contributed by atoms with Crippen LogP contribution in [0.25, 0.3) is 0 Å². The lowest BCUT2D eigenvalue weighted by atomic mass is 9.95. The molecule has 1 saturated heterocycles. The molecular weight excluding hydrogens is 298 g/mol. The Hall–Kier alpha value is -2.37. The first-order chi connectivity index (χ1) is 11.0. The largest absolute Gasteiger partial charge is 0.497 e. The van der Waals surface area contributed by atoms with Crippen LogP contribution in [0.3, 0.4) is 0 Å². The average Bonchev–Trinajstić information content (AvgIpc) is 2.55. The molecule has 6 heteroatoms. The molecule has 0 spiro atoms. The van der Waals surface area contributed by atoms with Crippen LogP contribution < -0.4 is 4.74 Å². The highest BCUT2D eigenvalue weighted by Gasteiger charge is 2.35. The number of ether oxygens (including phenoxy) is 2. The molecule has 1 aromatic rings. The third-order valence-electron chi connectivity index (χ3n) is 3.86. The molecule has 1 aliphatic heterocycles. The van der Waals surface area contributed by atoms with Crippen molar-refractivity contribution in [1.82, 2.24) is 4.90 Å². The molecule has 1 fully saturated rings. The summed E-state index contributed by atoms with van der Waals surface area (Å²) in [5.74, 6) is -0.866. The van der Waals surface area contributed by atoms with Crippen molar-refractivity contribution in [3.05, 3.63) is 29.8 Å². The molecule has 0 N–H and O–H groups in total. The number of methoxy groups -OCH3 is 1. The highest BCUT2D eigenvalue weighted by atomic mass is 16.5. The highest BCUT2D eigenvalue weighted by Crippen LogP contribution is 2.18. The van der Waals surface area contributed by atoms with Crippen LogP contribution >= 0.6 is 0 Å². The molecule has 0 saturated carbocycles. The number of hydrogen-bond acceptors (Lipinski definition) is 5. The summed E-state index contributed by atoms with van der Waals surface area (Å²) in [6.45, 7) is 2.32. The van der Waals surface area contributed by atoms with Crippen LogP contribution in [0.4, 0.5) is 0 Å². The number of carbonyl (C=O) groups is 3. The number of nitrogens with zero attached hydrogens (tertiary/aromatic N) is 1. The van der Waals surface area contributed by atoms with Crippen LogP contribution in [0.5, 0.6) is 5.75 Å². The van der Waals surface area contributed by atoms with Gasteiger partial charge in [-0.3, -0.25) is 14.4 Å². The predicted molar refractivity (Wildman–Crippen MR) is 83.0 cm³/mol.